The zero-order valence-corrected chi connectivity index (χ0v) is 23.1. The molecule has 1 unspecified atom stereocenters. The average Bonchev–Trinajstić information content (AvgIpc) is 3.39. The maximum Gasteiger partial charge on any atom is 0.336 e. The van der Waals surface area contributed by atoms with E-state index in [0.29, 0.717) is 11.1 Å². The lowest BCUT2D eigenvalue weighted by Crippen LogP contribution is -2.10. The van der Waals surface area contributed by atoms with Crippen molar-refractivity contribution < 1.29 is 19.8 Å². The Balaban J connectivity index is 1.52. The zero-order valence-electron chi connectivity index (χ0n) is 23.1. The Morgan fingerprint density at radius 1 is 0.419 bits per heavy atom. The summed E-state index contributed by atoms with van der Waals surface area (Å²) in [5.74, 6) is -2.44. The summed E-state index contributed by atoms with van der Waals surface area (Å²) in [6.07, 6.45) is 0. The van der Waals surface area contributed by atoms with Crippen LogP contribution in [0.5, 0.6) is 0 Å². The minimum atomic E-state index is -1.02. The molecule has 0 saturated carbocycles. The van der Waals surface area contributed by atoms with Crippen LogP contribution in [-0.4, -0.2) is 22.2 Å². The van der Waals surface area contributed by atoms with Gasteiger partial charge in [0.1, 0.15) is 0 Å². The van der Waals surface area contributed by atoms with Gasteiger partial charge >= 0.3 is 11.9 Å². The van der Waals surface area contributed by atoms with Crippen LogP contribution < -0.4 is 0 Å². The lowest BCUT2D eigenvalue weighted by Gasteiger charge is -2.22. The van der Waals surface area contributed by atoms with Crippen molar-refractivity contribution in [2.24, 2.45) is 0 Å². The van der Waals surface area contributed by atoms with Crippen LogP contribution in [0, 0.1) is 0 Å². The zero-order chi connectivity index (χ0) is 29.5. The van der Waals surface area contributed by atoms with E-state index in [9.17, 15) is 19.8 Å². The molecule has 4 heteroatoms. The van der Waals surface area contributed by atoms with E-state index in [0.717, 1.165) is 50.1 Å². The summed E-state index contributed by atoms with van der Waals surface area (Å²) in [6, 6.07) is 44.7. The SMILES string of the molecule is O=C(O)c1ccc(-c2ccccc2)cc1-c1cccc2c1C(c1cc(-c3ccccc3)ccc1C(=O)O)c1ccccc1-2. The highest BCUT2D eigenvalue weighted by molar-refractivity contribution is 6.00. The summed E-state index contributed by atoms with van der Waals surface area (Å²) in [4.78, 5) is 25.3. The van der Waals surface area contributed by atoms with Crippen LogP contribution >= 0.6 is 0 Å². The third-order valence-electron chi connectivity index (χ3n) is 8.30. The number of benzene rings is 6. The van der Waals surface area contributed by atoms with Crippen molar-refractivity contribution in [3.63, 3.8) is 0 Å². The van der Waals surface area contributed by atoms with Crippen molar-refractivity contribution in [3.8, 4) is 44.5 Å². The van der Waals surface area contributed by atoms with Crippen LogP contribution in [0.15, 0.2) is 140 Å². The second-order valence-electron chi connectivity index (χ2n) is 10.7. The number of hydrogen-bond acceptors (Lipinski definition) is 2. The van der Waals surface area contributed by atoms with E-state index >= 15 is 0 Å². The van der Waals surface area contributed by atoms with Crippen LogP contribution in [-0.2, 0) is 0 Å². The molecule has 0 amide bonds. The van der Waals surface area contributed by atoms with Crippen molar-refractivity contribution in [1.82, 2.24) is 0 Å². The van der Waals surface area contributed by atoms with Crippen molar-refractivity contribution in [3.05, 3.63) is 167 Å². The van der Waals surface area contributed by atoms with E-state index in [2.05, 4.69) is 6.07 Å². The van der Waals surface area contributed by atoms with Crippen LogP contribution in [0.25, 0.3) is 44.5 Å². The molecule has 4 nitrogen and oxygen atoms in total. The summed E-state index contributed by atoms with van der Waals surface area (Å²) < 4.78 is 0. The molecular formula is C39H26O4. The molecule has 7 rings (SSSR count). The third kappa shape index (κ3) is 4.50. The topological polar surface area (TPSA) is 74.6 Å². The molecule has 1 aliphatic rings. The molecule has 0 heterocycles. The summed E-state index contributed by atoms with van der Waals surface area (Å²) in [5, 5.41) is 20.7. The summed E-state index contributed by atoms with van der Waals surface area (Å²) in [7, 11) is 0. The highest BCUT2D eigenvalue weighted by Gasteiger charge is 2.35. The maximum atomic E-state index is 12.7. The van der Waals surface area contributed by atoms with E-state index in [1.165, 1.54) is 0 Å². The van der Waals surface area contributed by atoms with E-state index in [-0.39, 0.29) is 11.1 Å². The smallest absolute Gasteiger partial charge is 0.336 e. The van der Waals surface area contributed by atoms with E-state index in [1.807, 2.05) is 121 Å². The Morgan fingerprint density at radius 3 is 1.56 bits per heavy atom. The fourth-order valence-corrected chi connectivity index (χ4v) is 6.39. The number of fused-ring (bicyclic) bond motifs is 3. The van der Waals surface area contributed by atoms with Gasteiger partial charge < -0.3 is 10.2 Å². The molecule has 0 bridgehead atoms. The molecule has 6 aromatic rings. The Hall–Kier alpha value is -5.74. The van der Waals surface area contributed by atoms with Crippen LogP contribution in [0.2, 0.25) is 0 Å². The largest absolute Gasteiger partial charge is 0.478 e. The average molecular weight is 559 g/mol. The number of aromatic carboxylic acids is 2. The molecule has 0 spiro atoms. The first kappa shape index (κ1) is 26.2. The molecule has 1 aliphatic carbocycles. The number of carbonyl (C=O) groups is 2. The molecule has 43 heavy (non-hydrogen) atoms. The molecule has 2 N–H and O–H groups in total. The Labute approximate surface area is 249 Å². The maximum absolute atomic E-state index is 12.7. The second kappa shape index (κ2) is 10.6. The molecule has 0 radical (unpaired) electrons. The van der Waals surface area contributed by atoms with Gasteiger partial charge in [-0.15, -0.1) is 0 Å². The second-order valence-corrected chi connectivity index (χ2v) is 10.7. The number of rotatable bonds is 6. The lowest BCUT2D eigenvalue weighted by atomic mass is 9.81. The van der Waals surface area contributed by atoms with Crippen molar-refractivity contribution >= 4 is 11.9 Å². The highest BCUT2D eigenvalue weighted by Crippen LogP contribution is 2.53. The van der Waals surface area contributed by atoms with Gasteiger partial charge in [-0.2, -0.15) is 0 Å². The quantitative estimate of drug-likeness (QED) is 0.213. The minimum absolute atomic E-state index is 0.194. The highest BCUT2D eigenvalue weighted by atomic mass is 16.4. The van der Waals surface area contributed by atoms with E-state index in [4.69, 9.17) is 0 Å². The number of carboxylic acid groups (broad SMARTS) is 2. The van der Waals surface area contributed by atoms with Crippen molar-refractivity contribution in [2.75, 3.05) is 0 Å². The van der Waals surface area contributed by atoms with Crippen LogP contribution in [0.1, 0.15) is 43.3 Å². The Morgan fingerprint density at radius 2 is 0.930 bits per heavy atom. The van der Waals surface area contributed by atoms with Gasteiger partial charge in [0.05, 0.1) is 11.1 Å². The lowest BCUT2D eigenvalue weighted by molar-refractivity contribution is 0.0686. The van der Waals surface area contributed by atoms with Gasteiger partial charge in [0, 0.05) is 5.92 Å². The van der Waals surface area contributed by atoms with Crippen molar-refractivity contribution in [1.29, 1.82) is 0 Å². The number of hydrogen-bond donors (Lipinski definition) is 2. The number of carboxylic acids is 2. The van der Waals surface area contributed by atoms with Crippen LogP contribution in [0.3, 0.4) is 0 Å². The third-order valence-corrected chi connectivity index (χ3v) is 8.30. The van der Waals surface area contributed by atoms with Gasteiger partial charge in [-0.1, -0.05) is 115 Å². The first-order valence-corrected chi connectivity index (χ1v) is 14.1. The standard InChI is InChI=1S/C39H26O4/c40-38(41)32-20-18-26(24-10-3-1-4-11-24)22-34(32)31-17-9-16-30-28-14-7-8-15-29(28)37(36(30)31)35-23-27(19-21-33(35)39(42)43)25-12-5-2-6-13-25/h1-23,37H,(H,40,41)(H,42,43). The van der Waals surface area contributed by atoms with Crippen LogP contribution in [0.4, 0.5) is 0 Å². The van der Waals surface area contributed by atoms with Gasteiger partial charge in [-0.05, 0) is 85.5 Å². The van der Waals surface area contributed by atoms with Gasteiger partial charge in [0.15, 0.2) is 0 Å². The molecule has 206 valence electrons. The Kier molecular flexibility index (Phi) is 6.44. The first-order chi connectivity index (χ1) is 21.0. The predicted molar refractivity (Wildman–Crippen MR) is 169 cm³/mol. The molecule has 1 atom stereocenters. The van der Waals surface area contributed by atoms with Crippen molar-refractivity contribution in [2.45, 2.75) is 5.92 Å². The molecule has 6 aromatic carbocycles. The normalized spacial score (nSPS) is 13.3. The summed E-state index contributed by atoms with van der Waals surface area (Å²) in [5.41, 5.74) is 10.1. The Bertz CT molecular complexity index is 2030. The molecule has 0 aromatic heterocycles. The molecular weight excluding hydrogens is 532 g/mol. The van der Waals surface area contributed by atoms with E-state index in [1.54, 1.807) is 12.1 Å². The van der Waals surface area contributed by atoms with Gasteiger partial charge in [-0.3, -0.25) is 0 Å². The summed E-state index contributed by atoms with van der Waals surface area (Å²) in [6.45, 7) is 0. The van der Waals surface area contributed by atoms with Gasteiger partial charge in [0.25, 0.3) is 0 Å². The minimum Gasteiger partial charge on any atom is -0.478 e. The fraction of sp³-hybridized carbons (Fsp3) is 0.0256. The molecule has 0 saturated heterocycles. The first-order valence-electron chi connectivity index (χ1n) is 14.1. The summed E-state index contributed by atoms with van der Waals surface area (Å²) >= 11 is 0. The van der Waals surface area contributed by atoms with E-state index < -0.39 is 17.9 Å². The predicted octanol–water partition coefficient (Wildman–Crippen LogP) is 9.24. The monoisotopic (exact) mass is 558 g/mol. The molecule has 0 aliphatic heterocycles. The van der Waals surface area contributed by atoms with Gasteiger partial charge in [0.2, 0.25) is 0 Å². The van der Waals surface area contributed by atoms with Gasteiger partial charge in [-0.25, -0.2) is 9.59 Å². The fourth-order valence-electron chi connectivity index (χ4n) is 6.39. The molecule has 0 fully saturated rings.